The first-order chi connectivity index (χ1) is 7.57. The van der Waals surface area contributed by atoms with E-state index in [1.165, 1.54) is 38.9 Å². The van der Waals surface area contributed by atoms with Gasteiger partial charge < -0.3 is 15.4 Å². The number of rotatable bonds is 6. The Bertz CT molecular complexity index is 186. The van der Waals surface area contributed by atoms with Gasteiger partial charge in [0.2, 0.25) is 0 Å². The molecule has 1 heterocycles. The van der Waals surface area contributed by atoms with Crippen LogP contribution in [0.3, 0.4) is 0 Å². The van der Waals surface area contributed by atoms with E-state index < -0.39 is 0 Å². The molecule has 0 radical (unpaired) electrons. The first kappa shape index (κ1) is 13.9. The molecule has 1 rings (SSSR count). The van der Waals surface area contributed by atoms with Gasteiger partial charge in [-0.3, -0.25) is 0 Å². The van der Waals surface area contributed by atoms with Gasteiger partial charge in [-0.25, -0.2) is 0 Å². The topological polar surface area (TPSA) is 38.5 Å². The van der Waals surface area contributed by atoms with Crippen LogP contribution in [0, 0.1) is 11.3 Å². The molecule has 0 aromatic heterocycles. The van der Waals surface area contributed by atoms with Crippen molar-refractivity contribution in [1.82, 2.24) is 4.90 Å². The minimum atomic E-state index is 0.295. The Morgan fingerprint density at radius 3 is 2.44 bits per heavy atom. The Morgan fingerprint density at radius 1 is 1.31 bits per heavy atom. The minimum Gasteiger partial charge on any atom is -0.384 e. The third-order valence-electron chi connectivity index (χ3n) is 3.77. The zero-order valence-corrected chi connectivity index (χ0v) is 11.2. The van der Waals surface area contributed by atoms with Gasteiger partial charge in [0.1, 0.15) is 0 Å². The number of nitrogens with two attached hydrogens (primary N) is 1. The molecular formula is C13H28N2O. The highest BCUT2D eigenvalue weighted by molar-refractivity contribution is 4.76. The van der Waals surface area contributed by atoms with Crippen LogP contribution in [0.2, 0.25) is 0 Å². The van der Waals surface area contributed by atoms with E-state index in [1.54, 1.807) is 7.11 Å². The highest BCUT2D eigenvalue weighted by atomic mass is 16.5. The Hall–Kier alpha value is -0.120. The second-order valence-electron chi connectivity index (χ2n) is 5.86. The molecule has 0 aromatic carbocycles. The summed E-state index contributed by atoms with van der Waals surface area (Å²) >= 11 is 0. The van der Waals surface area contributed by atoms with Crippen molar-refractivity contribution in [2.24, 2.45) is 17.1 Å². The highest BCUT2D eigenvalue weighted by Gasteiger charge is 2.21. The fourth-order valence-electron chi connectivity index (χ4n) is 2.18. The molecule has 1 aliphatic rings. The SMILES string of the molecule is COCC1CCN(CCC(C)(C)CN)CC1. The first-order valence-corrected chi connectivity index (χ1v) is 6.49. The number of nitrogens with zero attached hydrogens (tertiary/aromatic N) is 1. The second kappa shape index (κ2) is 6.58. The lowest BCUT2D eigenvalue weighted by Gasteiger charge is -2.34. The normalized spacial score (nSPS) is 20.2. The van der Waals surface area contributed by atoms with Crippen LogP contribution in [-0.4, -0.2) is 44.8 Å². The van der Waals surface area contributed by atoms with Gasteiger partial charge >= 0.3 is 0 Å². The molecule has 0 saturated carbocycles. The summed E-state index contributed by atoms with van der Waals surface area (Å²) in [5, 5.41) is 0. The molecule has 0 aliphatic carbocycles. The molecule has 2 N–H and O–H groups in total. The molecule has 1 aliphatic heterocycles. The lowest BCUT2D eigenvalue weighted by molar-refractivity contribution is 0.0941. The van der Waals surface area contributed by atoms with E-state index in [9.17, 15) is 0 Å². The Kier molecular flexibility index (Phi) is 5.73. The summed E-state index contributed by atoms with van der Waals surface area (Å²) in [6, 6.07) is 0. The smallest absolute Gasteiger partial charge is 0.0491 e. The Labute approximate surface area is 100 Å². The molecule has 0 bridgehead atoms. The van der Waals surface area contributed by atoms with Crippen molar-refractivity contribution in [2.45, 2.75) is 33.1 Å². The van der Waals surface area contributed by atoms with E-state index in [2.05, 4.69) is 18.7 Å². The van der Waals surface area contributed by atoms with Gasteiger partial charge in [0, 0.05) is 13.7 Å². The van der Waals surface area contributed by atoms with Crippen LogP contribution in [0.4, 0.5) is 0 Å². The molecule has 0 amide bonds. The molecule has 1 fully saturated rings. The van der Waals surface area contributed by atoms with Crippen LogP contribution in [0.25, 0.3) is 0 Å². The first-order valence-electron chi connectivity index (χ1n) is 6.49. The quantitative estimate of drug-likeness (QED) is 0.752. The van der Waals surface area contributed by atoms with Gasteiger partial charge in [-0.15, -0.1) is 0 Å². The summed E-state index contributed by atoms with van der Waals surface area (Å²) < 4.78 is 5.21. The van der Waals surface area contributed by atoms with Crippen molar-refractivity contribution in [3.8, 4) is 0 Å². The molecule has 0 unspecified atom stereocenters. The summed E-state index contributed by atoms with van der Waals surface area (Å²) in [5.41, 5.74) is 6.04. The number of hydrogen-bond acceptors (Lipinski definition) is 3. The molecule has 1 saturated heterocycles. The fourth-order valence-corrected chi connectivity index (χ4v) is 2.18. The number of ether oxygens (including phenoxy) is 1. The van der Waals surface area contributed by atoms with Gasteiger partial charge in [-0.1, -0.05) is 13.8 Å². The fraction of sp³-hybridized carbons (Fsp3) is 1.00. The van der Waals surface area contributed by atoms with E-state index in [0.29, 0.717) is 5.41 Å². The molecule has 3 nitrogen and oxygen atoms in total. The van der Waals surface area contributed by atoms with Gasteiger partial charge in [0.15, 0.2) is 0 Å². The van der Waals surface area contributed by atoms with Crippen molar-refractivity contribution in [3.63, 3.8) is 0 Å². The van der Waals surface area contributed by atoms with E-state index in [4.69, 9.17) is 10.5 Å². The molecule has 16 heavy (non-hydrogen) atoms. The van der Waals surface area contributed by atoms with Crippen LogP contribution in [-0.2, 0) is 4.74 Å². The standard InChI is InChI=1S/C13H28N2O/c1-13(2,11-14)6-9-15-7-4-12(5-8-15)10-16-3/h12H,4-11,14H2,1-3H3. The minimum absolute atomic E-state index is 0.295. The van der Waals surface area contributed by atoms with Crippen molar-refractivity contribution in [1.29, 1.82) is 0 Å². The lowest BCUT2D eigenvalue weighted by Crippen LogP contribution is -2.38. The van der Waals surface area contributed by atoms with Crippen molar-refractivity contribution < 1.29 is 4.74 Å². The zero-order valence-electron chi connectivity index (χ0n) is 11.2. The molecule has 3 heteroatoms. The number of piperidine rings is 1. The number of methoxy groups -OCH3 is 1. The van der Waals surface area contributed by atoms with E-state index in [-0.39, 0.29) is 0 Å². The van der Waals surface area contributed by atoms with E-state index in [1.807, 2.05) is 0 Å². The average molecular weight is 228 g/mol. The Morgan fingerprint density at radius 2 is 1.94 bits per heavy atom. The maximum absolute atomic E-state index is 5.75. The van der Waals surface area contributed by atoms with Gasteiger partial charge in [0.05, 0.1) is 0 Å². The molecule has 96 valence electrons. The van der Waals surface area contributed by atoms with Crippen LogP contribution in [0.5, 0.6) is 0 Å². The molecular weight excluding hydrogens is 200 g/mol. The van der Waals surface area contributed by atoms with Crippen molar-refractivity contribution in [2.75, 3.05) is 39.9 Å². The third-order valence-corrected chi connectivity index (χ3v) is 3.77. The number of hydrogen-bond donors (Lipinski definition) is 1. The van der Waals surface area contributed by atoms with Gasteiger partial charge in [0.25, 0.3) is 0 Å². The Balaban J connectivity index is 2.17. The van der Waals surface area contributed by atoms with Crippen molar-refractivity contribution >= 4 is 0 Å². The van der Waals surface area contributed by atoms with Gasteiger partial charge in [-0.05, 0) is 56.8 Å². The van der Waals surface area contributed by atoms with Crippen LogP contribution >= 0.6 is 0 Å². The second-order valence-corrected chi connectivity index (χ2v) is 5.86. The number of likely N-dealkylation sites (tertiary alicyclic amines) is 1. The monoisotopic (exact) mass is 228 g/mol. The maximum Gasteiger partial charge on any atom is 0.0491 e. The summed E-state index contributed by atoms with van der Waals surface area (Å²) in [4.78, 5) is 2.57. The summed E-state index contributed by atoms with van der Waals surface area (Å²) in [6.45, 7) is 9.89. The third kappa shape index (κ3) is 4.81. The largest absolute Gasteiger partial charge is 0.384 e. The van der Waals surface area contributed by atoms with Crippen LogP contribution in [0.15, 0.2) is 0 Å². The predicted molar refractivity (Wildman–Crippen MR) is 68.5 cm³/mol. The zero-order chi connectivity index (χ0) is 12.0. The van der Waals surface area contributed by atoms with Gasteiger partial charge in [-0.2, -0.15) is 0 Å². The molecule has 0 atom stereocenters. The van der Waals surface area contributed by atoms with Crippen molar-refractivity contribution in [3.05, 3.63) is 0 Å². The maximum atomic E-state index is 5.75. The highest BCUT2D eigenvalue weighted by Crippen LogP contribution is 2.22. The summed E-state index contributed by atoms with van der Waals surface area (Å²) in [7, 11) is 1.80. The molecule has 0 spiro atoms. The molecule has 0 aromatic rings. The summed E-state index contributed by atoms with van der Waals surface area (Å²) in [5.74, 6) is 0.781. The van der Waals surface area contributed by atoms with Crippen LogP contribution < -0.4 is 5.73 Å². The summed E-state index contributed by atoms with van der Waals surface area (Å²) in [6.07, 6.45) is 3.78. The van der Waals surface area contributed by atoms with E-state index in [0.717, 1.165) is 19.1 Å². The van der Waals surface area contributed by atoms with Crippen LogP contribution in [0.1, 0.15) is 33.1 Å². The predicted octanol–water partition coefficient (Wildman–Crippen LogP) is 1.72. The average Bonchev–Trinajstić information content (AvgIpc) is 2.29. The lowest BCUT2D eigenvalue weighted by atomic mass is 9.89. The van der Waals surface area contributed by atoms with E-state index >= 15 is 0 Å².